The fourth-order valence-electron chi connectivity index (χ4n) is 2.42. The van der Waals surface area contributed by atoms with E-state index in [0.29, 0.717) is 24.3 Å². The zero-order valence-electron chi connectivity index (χ0n) is 13.8. The zero-order valence-corrected chi connectivity index (χ0v) is 14.6. The Bertz CT molecular complexity index is 629. The third-order valence-electron chi connectivity index (χ3n) is 3.35. The van der Waals surface area contributed by atoms with Crippen LogP contribution in [-0.4, -0.2) is 36.7 Å². The molecule has 0 aliphatic carbocycles. The second-order valence-corrected chi connectivity index (χ2v) is 5.57. The molecule has 6 nitrogen and oxygen atoms in total. The van der Waals surface area contributed by atoms with E-state index in [-0.39, 0.29) is 23.6 Å². The van der Waals surface area contributed by atoms with E-state index >= 15 is 0 Å². The first kappa shape index (κ1) is 19.0. The van der Waals surface area contributed by atoms with Crippen LogP contribution in [0.25, 0.3) is 0 Å². The van der Waals surface area contributed by atoms with Gasteiger partial charge in [0, 0.05) is 31.3 Å². The molecular formula is C16H22ClN3O3. The van der Waals surface area contributed by atoms with Gasteiger partial charge in [0.1, 0.15) is 5.88 Å². The van der Waals surface area contributed by atoms with Gasteiger partial charge in [-0.15, -0.1) is 11.6 Å². The molecule has 0 atom stereocenters. The van der Waals surface area contributed by atoms with Crippen LogP contribution in [0, 0.1) is 20.8 Å². The minimum atomic E-state index is -0.281. The van der Waals surface area contributed by atoms with Crippen molar-refractivity contribution in [2.45, 2.75) is 27.7 Å². The standard InChI is InChI=1S/C16H22ClN3O3/c1-9-7-10(2)15(20-12(4)21)11(3)14(9)16(23)19-6-5-18-13(22)8-17/h7H,5-6,8H2,1-4H3,(H,18,22)(H,19,23)(H,20,21). The molecule has 126 valence electrons. The molecule has 0 aliphatic heterocycles. The summed E-state index contributed by atoms with van der Waals surface area (Å²) in [4.78, 5) is 34.7. The van der Waals surface area contributed by atoms with Crippen molar-refractivity contribution >= 4 is 35.0 Å². The van der Waals surface area contributed by atoms with E-state index in [2.05, 4.69) is 16.0 Å². The predicted octanol–water partition coefficient (Wildman–Crippen LogP) is 1.66. The number of anilines is 1. The van der Waals surface area contributed by atoms with E-state index < -0.39 is 0 Å². The second kappa shape index (κ2) is 8.53. The first-order valence-corrected chi connectivity index (χ1v) is 7.80. The highest BCUT2D eigenvalue weighted by atomic mass is 35.5. The summed E-state index contributed by atoms with van der Waals surface area (Å²) in [7, 11) is 0. The van der Waals surface area contributed by atoms with Gasteiger partial charge in [-0.05, 0) is 37.5 Å². The summed E-state index contributed by atoms with van der Waals surface area (Å²) in [6.07, 6.45) is 0. The molecule has 0 spiro atoms. The fourth-order valence-corrected chi connectivity index (χ4v) is 2.51. The number of carbonyl (C=O) groups excluding carboxylic acids is 3. The third-order valence-corrected chi connectivity index (χ3v) is 3.60. The van der Waals surface area contributed by atoms with Crippen molar-refractivity contribution in [2.75, 3.05) is 24.3 Å². The Balaban J connectivity index is 2.87. The lowest BCUT2D eigenvalue weighted by Gasteiger charge is -2.17. The SMILES string of the molecule is CC(=O)Nc1c(C)cc(C)c(C(=O)NCCNC(=O)CCl)c1C. The number of amides is 3. The molecule has 0 heterocycles. The van der Waals surface area contributed by atoms with Crippen LogP contribution in [0.1, 0.15) is 34.0 Å². The Morgan fingerprint density at radius 2 is 1.65 bits per heavy atom. The Morgan fingerprint density at radius 1 is 1.04 bits per heavy atom. The maximum Gasteiger partial charge on any atom is 0.251 e. The van der Waals surface area contributed by atoms with Gasteiger partial charge in [-0.25, -0.2) is 0 Å². The predicted molar refractivity (Wildman–Crippen MR) is 91.0 cm³/mol. The molecule has 0 bridgehead atoms. The van der Waals surface area contributed by atoms with Gasteiger partial charge in [-0.2, -0.15) is 0 Å². The van der Waals surface area contributed by atoms with Gasteiger partial charge in [-0.3, -0.25) is 14.4 Å². The largest absolute Gasteiger partial charge is 0.353 e. The van der Waals surface area contributed by atoms with Crippen molar-refractivity contribution in [1.82, 2.24) is 10.6 Å². The molecule has 0 saturated heterocycles. The summed E-state index contributed by atoms with van der Waals surface area (Å²) in [5.41, 5.74) is 3.64. The normalized spacial score (nSPS) is 10.1. The molecule has 7 heteroatoms. The average Bonchev–Trinajstić information content (AvgIpc) is 2.47. The van der Waals surface area contributed by atoms with Crippen LogP contribution in [0.15, 0.2) is 6.07 Å². The Labute approximate surface area is 141 Å². The van der Waals surface area contributed by atoms with Crippen molar-refractivity contribution in [2.24, 2.45) is 0 Å². The Hall–Kier alpha value is -2.08. The molecule has 23 heavy (non-hydrogen) atoms. The number of benzene rings is 1. The number of hydrogen-bond donors (Lipinski definition) is 3. The minimum Gasteiger partial charge on any atom is -0.353 e. The van der Waals surface area contributed by atoms with E-state index in [1.54, 1.807) is 6.92 Å². The highest BCUT2D eigenvalue weighted by Crippen LogP contribution is 2.26. The summed E-state index contributed by atoms with van der Waals surface area (Å²) in [6.45, 7) is 7.56. The number of aryl methyl sites for hydroxylation is 2. The van der Waals surface area contributed by atoms with Gasteiger partial charge in [-0.1, -0.05) is 6.07 Å². The lowest BCUT2D eigenvalue weighted by molar-refractivity contribution is -0.118. The molecule has 1 aromatic carbocycles. The van der Waals surface area contributed by atoms with Gasteiger partial charge in [0.15, 0.2) is 0 Å². The lowest BCUT2D eigenvalue weighted by Crippen LogP contribution is -2.35. The highest BCUT2D eigenvalue weighted by Gasteiger charge is 2.17. The fraction of sp³-hybridized carbons (Fsp3) is 0.438. The molecule has 0 radical (unpaired) electrons. The number of alkyl halides is 1. The monoisotopic (exact) mass is 339 g/mol. The quantitative estimate of drug-likeness (QED) is 0.544. The Kier molecular flexibility index (Phi) is 7.03. The van der Waals surface area contributed by atoms with Crippen molar-refractivity contribution in [3.05, 3.63) is 28.3 Å². The van der Waals surface area contributed by atoms with Crippen molar-refractivity contribution in [1.29, 1.82) is 0 Å². The molecule has 3 N–H and O–H groups in total. The van der Waals surface area contributed by atoms with E-state index in [9.17, 15) is 14.4 Å². The number of nitrogens with one attached hydrogen (secondary N) is 3. The molecule has 0 fully saturated rings. The first-order valence-electron chi connectivity index (χ1n) is 7.27. The van der Waals surface area contributed by atoms with E-state index in [0.717, 1.165) is 16.7 Å². The number of carbonyl (C=O) groups is 3. The molecule has 0 aromatic heterocycles. The minimum absolute atomic E-state index is 0.107. The van der Waals surface area contributed by atoms with Gasteiger partial charge in [0.25, 0.3) is 5.91 Å². The van der Waals surface area contributed by atoms with Gasteiger partial charge in [0.05, 0.1) is 0 Å². The third kappa shape index (κ3) is 5.25. The van der Waals surface area contributed by atoms with Gasteiger partial charge < -0.3 is 16.0 Å². The summed E-state index contributed by atoms with van der Waals surface area (Å²) < 4.78 is 0. The zero-order chi connectivity index (χ0) is 17.6. The van der Waals surface area contributed by atoms with Crippen molar-refractivity contribution in [3.63, 3.8) is 0 Å². The van der Waals surface area contributed by atoms with E-state index in [1.165, 1.54) is 6.92 Å². The Morgan fingerprint density at radius 3 is 2.22 bits per heavy atom. The van der Waals surface area contributed by atoms with E-state index in [1.807, 2.05) is 19.9 Å². The smallest absolute Gasteiger partial charge is 0.251 e. The number of halogens is 1. The first-order chi connectivity index (χ1) is 10.8. The van der Waals surface area contributed by atoms with Crippen LogP contribution < -0.4 is 16.0 Å². The molecular weight excluding hydrogens is 318 g/mol. The summed E-state index contributed by atoms with van der Waals surface area (Å²) in [6, 6.07) is 1.86. The molecule has 0 saturated carbocycles. The molecule has 1 rings (SSSR count). The van der Waals surface area contributed by atoms with E-state index in [4.69, 9.17) is 11.6 Å². The average molecular weight is 340 g/mol. The molecule has 1 aromatic rings. The maximum atomic E-state index is 12.4. The van der Waals surface area contributed by atoms with Crippen LogP contribution in [0.2, 0.25) is 0 Å². The van der Waals surface area contributed by atoms with Gasteiger partial charge in [0.2, 0.25) is 11.8 Å². The number of rotatable bonds is 6. The van der Waals surface area contributed by atoms with Crippen LogP contribution in [0.4, 0.5) is 5.69 Å². The number of hydrogen-bond acceptors (Lipinski definition) is 3. The molecule has 0 unspecified atom stereocenters. The van der Waals surface area contributed by atoms with Crippen LogP contribution in [0.3, 0.4) is 0 Å². The van der Waals surface area contributed by atoms with Crippen LogP contribution >= 0.6 is 11.6 Å². The molecule has 0 aliphatic rings. The molecule has 3 amide bonds. The van der Waals surface area contributed by atoms with Gasteiger partial charge >= 0.3 is 0 Å². The van der Waals surface area contributed by atoms with Crippen LogP contribution in [-0.2, 0) is 9.59 Å². The topological polar surface area (TPSA) is 87.3 Å². The van der Waals surface area contributed by atoms with Crippen molar-refractivity contribution in [3.8, 4) is 0 Å². The summed E-state index contributed by atoms with van der Waals surface area (Å²) >= 11 is 5.37. The summed E-state index contributed by atoms with van der Waals surface area (Å²) in [5.74, 6) is -0.817. The summed E-state index contributed by atoms with van der Waals surface area (Å²) in [5, 5.41) is 8.09. The van der Waals surface area contributed by atoms with Crippen molar-refractivity contribution < 1.29 is 14.4 Å². The van der Waals surface area contributed by atoms with Crippen LogP contribution in [0.5, 0.6) is 0 Å². The highest BCUT2D eigenvalue weighted by molar-refractivity contribution is 6.27. The second-order valence-electron chi connectivity index (χ2n) is 5.31. The maximum absolute atomic E-state index is 12.4. The lowest BCUT2D eigenvalue weighted by atomic mass is 9.96.